The van der Waals surface area contributed by atoms with E-state index in [0.29, 0.717) is 12.6 Å². The standard InChI is InChI=1S/C14H20N2O/c1-3-10-6-5-7-11(4-2)13(10)8-12-9-17-14(15)16-12/h5-7,12H,3-4,8-9H2,1-2H3,(H2,15,16). The van der Waals surface area contributed by atoms with Gasteiger partial charge in [0.05, 0.1) is 6.04 Å². The van der Waals surface area contributed by atoms with E-state index in [1.54, 1.807) is 0 Å². The van der Waals surface area contributed by atoms with Crippen LogP contribution in [0.25, 0.3) is 0 Å². The number of hydrogen-bond acceptors (Lipinski definition) is 3. The van der Waals surface area contributed by atoms with Crippen molar-refractivity contribution in [2.24, 2.45) is 10.7 Å². The van der Waals surface area contributed by atoms with Crippen molar-refractivity contribution < 1.29 is 4.74 Å². The maximum absolute atomic E-state index is 5.55. The van der Waals surface area contributed by atoms with Gasteiger partial charge in [-0.3, -0.25) is 0 Å². The molecule has 0 radical (unpaired) electrons. The van der Waals surface area contributed by atoms with Crippen LogP contribution in [-0.2, 0) is 24.0 Å². The predicted octanol–water partition coefficient (Wildman–Crippen LogP) is 2.07. The second kappa shape index (κ2) is 5.21. The van der Waals surface area contributed by atoms with Gasteiger partial charge in [0, 0.05) is 0 Å². The topological polar surface area (TPSA) is 47.6 Å². The normalized spacial score (nSPS) is 18.9. The van der Waals surface area contributed by atoms with Gasteiger partial charge in [0.1, 0.15) is 6.61 Å². The van der Waals surface area contributed by atoms with Crippen LogP contribution in [0, 0.1) is 0 Å². The number of nitrogens with zero attached hydrogens (tertiary/aromatic N) is 1. The van der Waals surface area contributed by atoms with Crippen LogP contribution in [0.15, 0.2) is 23.2 Å². The number of hydrogen-bond donors (Lipinski definition) is 1. The molecule has 0 saturated heterocycles. The number of nitrogens with two attached hydrogens (primary N) is 1. The first-order valence-corrected chi connectivity index (χ1v) is 6.30. The molecule has 2 N–H and O–H groups in total. The highest BCUT2D eigenvalue weighted by Crippen LogP contribution is 2.20. The molecule has 2 rings (SSSR count). The van der Waals surface area contributed by atoms with Crippen molar-refractivity contribution in [1.29, 1.82) is 0 Å². The highest BCUT2D eigenvalue weighted by atomic mass is 16.5. The Bertz CT molecular complexity index is 404. The Morgan fingerprint density at radius 1 is 1.29 bits per heavy atom. The van der Waals surface area contributed by atoms with Crippen molar-refractivity contribution in [3.63, 3.8) is 0 Å². The summed E-state index contributed by atoms with van der Waals surface area (Å²) in [5, 5.41) is 0. The summed E-state index contributed by atoms with van der Waals surface area (Å²) in [5.74, 6) is 0. The van der Waals surface area contributed by atoms with E-state index >= 15 is 0 Å². The van der Waals surface area contributed by atoms with Crippen molar-refractivity contribution in [2.75, 3.05) is 6.61 Å². The van der Waals surface area contributed by atoms with Gasteiger partial charge in [-0.25, -0.2) is 4.99 Å². The van der Waals surface area contributed by atoms with Gasteiger partial charge < -0.3 is 10.5 Å². The Morgan fingerprint density at radius 2 is 1.94 bits per heavy atom. The molecule has 3 nitrogen and oxygen atoms in total. The summed E-state index contributed by atoms with van der Waals surface area (Å²) in [7, 11) is 0. The molecule has 92 valence electrons. The Balaban J connectivity index is 2.24. The van der Waals surface area contributed by atoms with Crippen LogP contribution in [0.4, 0.5) is 0 Å². The van der Waals surface area contributed by atoms with E-state index in [-0.39, 0.29) is 6.04 Å². The van der Waals surface area contributed by atoms with E-state index in [2.05, 4.69) is 37.0 Å². The van der Waals surface area contributed by atoms with Gasteiger partial charge >= 0.3 is 0 Å². The van der Waals surface area contributed by atoms with Crippen molar-refractivity contribution in [3.8, 4) is 0 Å². The summed E-state index contributed by atoms with van der Waals surface area (Å²) in [6.07, 6.45) is 3.07. The number of rotatable bonds is 4. The van der Waals surface area contributed by atoms with Gasteiger partial charge in [0.25, 0.3) is 6.02 Å². The highest BCUT2D eigenvalue weighted by Gasteiger charge is 2.19. The van der Waals surface area contributed by atoms with Crippen molar-refractivity contribution in [3.05, 3.63) is 34.9 Å². The van der Waals surface area contributed by atoms with Crippen molar-refractivity contribution in [2.45, 2.75) is 39.2 Å². The van der Waals surface area contributed by atoms with Crippen LogP contribution in [0.1, 0.15) is 30.5 Å². The molecule has 1 aromatic carbocycles. The molecule has 1 unspecified atom stereocenters. The van der Waals surface area contributed by atoms with Crippen molar-refractivity contribution >= 4 is 6.02 Å². The van der Waals surface area contributed by atoms with Crippen LogP contribution >= 0.6 is 0 Å². The van der Waals surface area contributed by atoms with E-state index < -0.39 is 0 Å². The molecule has 1 atom stereocenters. The van der Waals surface area contributed by atoms with Gasteiger partial charge in [-0.05, 0) is 36.0 Å². The average molecular weight is 232 g/mol. The fourth-order valence-electron chi connectivity index (χ4n) is 2.39. The lowest BCUT2D eigenvalue weighted by atomic mass is 9.93. The van der Waals surface area contributed by atoms with E-state index in [4.69, 9.17) is 10.5 Å². The zero-order valence-corrected chi connectivity index (χ0v) is 10.6. The minimum atomic E-state index is 0.188. The van der Waals surface area contributed by atoms with Crippen LogP contribution in [0.2, 0.25) is 0 Å². The summed E-state index contributed by atoms with van der Waals surface area (Å²) in [6.45, 7) is 5.01. The molecule has 17 heavy (non-hydrogen) atoms. The van der Waals surface area contributed by atoms with Gasteiger partial charge in [-0.15, -0.1) is 0 Å². The van der Waals surface area contributed by atoms with Gasteiger partial charge in [0.2, 0.25) is 0 Å². The van der Waals surface area contributed by atoms with Crippen LogP contribution < -0.4 is 5.73 Å². The van der Waals surface area contributed by atoms with Crippen LogP contribution in [0.5, 0.6) is 0 Å². The fraction of sp³-hybridized carbons (Fsp3) is 0.500. The minimum absolute atomic E-state index is 0.188. The summed E-state index contributed by atoms with van der Waals surface area (Å²) in [6, 6.07) is 7.08. The second-order valence-electron chi connectivity index (χ2n) is 4.40. The smallest absolute Gasteiger partial charge is 0.282 e. The summed E-state index contributed by atoms with van der Waals surface area (Å²) in [4.78, 5) is 4.31. The molecule has 1 heterocycles. The molecule has 1 aliphatic heterocycles. The molecule has 0 saturated carbocycles. The number of aliphatic imine (C=N–C) groups is 1. The number of aryl methyl sites for hydroxylation is 2. The first-order valence-electron chi connectivity index (χ1n) is 6.30. The van der Waals surface area contributed by atoms with E-state index in [1.807, 2.05) is 0 Å². The van der Waals surface area contributed by atoms with Crippen molar-refractivity contribution in [1.82, 2.24) is 0 Å². The van der Waals surface area contributed by atoms with E-state index in [9.17, 15) is 0 Å². The maximum Gasteiger partial charge on any atom is 0.282 e. The number of ether oxygens (including phenoxy) is 1. The monoisotopic (exact) mass is 232 g/mol. The Kier molecular flexibility index (Phi) is 3.67. The first kappa shape index (κ1) is 12.0. The first-order chi connectivity index (χ1) is 8.24. The molecular weight excluding hydrogens is 212 g/mol. The molecule has 0 aromatic heterocycles. The molecule has 0 aliphatic carbocycles. The van der Waals surface area contributed by atoms with Crippen LogP contribution in [0.3, 0.4) is 0 Å². The molecule has 1 aliphatic rings. The lowest BCUT2D eigenvalue weighted by molar-refractivity contribution is 0.312. The maximum atomic E-state index is 5.55. The summed E-state index contributed by atoms with van der Waals surface area (Å²) in [5.41, 5.74) is 9.83. The molecule has 3 heteroatoms. The van der Waals surface area contributed by atoms with Gasteiger partial charge in [-0.2, -0.15) is 0 Å². The van der Waals surface area contributed by atoms with Crippen LogP contribution in [-0.4, -0.2) is 18.7 Å². The molecule has 0 fully saturated rings. The molecular formula is C14H20N2O. The number of benzene rings is 1. The lowest BCUT2D eigenvalue weighted by Crippen LogP contribution is -2.13. The number of amidine groups is 1. The molecule has 0 bridgehead atoms. The summed E-state index contributed by atoms with van der Waals surface area (Å²) >= 11 is 0. The lowest BCUT2D eigenvalue weighted by Gasteiger charge is -2.14. The second-order valence-corrected chi connectivity index (χ2v) is 4.40. The quantitative estimate of drug-likeness (QED) is 0.864. The predicted molar refractivity (Wildman–Crippen MR) is 70.3 cm³/mol. The Hall–Kier alpha value is -1.51. The highest BCUT2D eigenvalue weighted by molar-refractivity contribution is 5.73. The largest absolute Gasteiger partial charge is 0.463 e. The molecule has 1 aromatic rings. The van der Waals surface area contributed by atoms with Gasteiger partial charge in [0.15, 0.2) is 0 Å². The average Bonchev–Trinajstić information content (AvgIpc) is 2.75. The molecule has 0 amide bonds. The third-order valence-corrected chi connectivity index (χ3v) is 3.31. The SMILES string of the molecule is CCc1cccc(CC)c1CC1COC(N)=N1. The summed E-state index contributed by atoms with van der Waals surface area (Å²) < 4.78 is 5.21. The fourth-order valence-corrected chi connectivity index (χ4v) is 2.39. The third kappa shape index (κ3) is 2.60. The Morgan fingerprint density at radius 3 is 2.41 bits per heavy atom. The zero-order chi connectivity index (χ0) is 12.3. The minimum Gasteiger partial charge on any atom is -0.463 e. The van der Waals surface area contributed by atoms with E-state index in [0.717, 1.165) is 19.3 Å². The third-order valence-electron chi connectivity index (χ3n) is 3.31. The van der Waals surface area contributed by atoms with E-state index in [1.165, 1.54) is 16.7 Å². The zero-order valence-electron chi connectivity index (χ0n) is 10.6. The molecule has 0 spiro atoms. The Labute approximate surface area is 103 Å². The van der Waals surface area contributed by atoms with Gasteiger partial charge in [-0.1, -0.05) is 32.0 Å².